The lowest BCUT2D eigenvalue weighted by Crippen LogP contribution is -2.50. The maximum absolute atomic E-state index is 6.07. The summed E-state index contributed by atoms with van der Waals surface area (Å²) in [5.74, 6) is 0.933. The summed E-state index contributed by atoms with van der Waals surface area (Å²) in [4.78, 5) is 4.85. The summed E-state index contributed by atoms with van der Waals surface area (Å²) in [6, 6.07) is 5.90. The highest BCUT2D eigenvalue weighted by Crippen LogP contribution is 2.38. The minimum Gasteiger partial charge on any atom is -0.484 e. The SMILES string of the molecule is CC1(C)CN(CCN2CCOCC2)c2cc(N)ccc2O1. The van der Waals surface area contributed by atoms with Gasteiger partial charge in [-0.05, 0) is 32.0 Å². The predicted octanol–water partition coefficient (Wildman–Crippen LogP) is 1.58. The van der Waals surface area contributed by atoms with Crippen LogP contribution in [0, 0.1) is 0 Å². The Labute approximate surface area is 126 Å². The molecule has 3 rings (SSSR count). The maximum Gasteiger partial charge on any atom is 0.143 e. The van der Waals surface area contributed by atoms with E-state index in [0.717, 1.165) is 63.1 Å². The second kappa shape index (κ2) is 5.73. The first-order valence-corrected chi connectivity index (χ1v) is 7.67. The maximum atomic E-state index is 6.07. The van der Waals surface area contributed by atoms with E-state index in [4.69, 9.17) is 15.2 Å². The Bertz CT molecular complexity index is 498. The smallest absolute Gasteiger partial charge is 0.143 e. The first kappa shape index (κ1) is 14.5. The molecule has 2 N–H and O–H groups in total. The van der Waals surface area contributed by atoms with Crippen LogP contribution < -0.4 is 15.4 Å². The van der Waals surface area contributed by atoms with E-state index in [1.807, 2.05) is 18.2 Å². The fraction of sp³-hybridized carbons (Fsp3) is 0.625. The molecule has 0 unspecified atom stereocenters. The molecular weight excluding hydrogens is 266 g/mol. The number of morpholine rings is 1. The van der Waals surface area contributed by atoms with Crippen molar-refractivity contribution < 1.29 is 9.47 Å². The van der Waals surface area contributed by atoms with Gasteiger partial charge < -0.3 is 20.1 Å². The average molecular weight is 291 g/mol. The van der Waals surface area contributed by atoms with Gasteiger partial charge in [0.05, 0.1) is 25.4 Å². The van der Waals surface area contributed by atoms with Crippen molar-refractivity contribution in [3.63, 3.8) is 0 Å². The number of fused-ring (bicyclic) bond motifs is 1. The van der Waals surface area contributed by atoms with Crippen molar-refractivity contribution in [3.05, 3.63) is 18.2 Å². The zero-order valence-corrected chi connectivity index (χ0v) is 13.0. The zero-order chi connectivity index (χ0) is 14.9. The summed E-state index contributed by atoms with van der Waals surface area (Å²) in [6.45, 7) is 10.9. The van der Waals surface area contributed by atoms with Gasteiger partial charge in [0, 0.05) is 31.9 Å². The van der Waals surface area contributed by atoms with Gasteiger partial charge in [0.2, 0.25) is 0 Å². The highest BCUT2D eigenvalue weighted by molar-refractivity contribution is 5.66. The molecule has 0 radical (unpaired) electrons. The van der Waals surface area contributed by atoms with E-state index in [-0.39, 0.29) is 5.60 Å². The summed E-state index contributed by atoms with van der Waals surface area (Å²) in [7, 11) is 0. The molecule has 0 aromatic heterocycles. The quantitative estimate of drug-likeness (QED) is 0.857. The predicted molar refractivity (Wildman–Crippen MR) is 85.0 cm³/mol. The third kappa shape index (κ3) is 3.41. The highest BCUT2D eigenvalue weighted by atomic mass is 16.5. The van der Waals surface area contributed by atoms with Crippen molar-refractivity contribution in [1.82, 2.24) is 4.90 Å². The Morgan fingerprint density at radius 1 is 1.19 bits per heavy atom. The summed E-state index contributed by atoms with van der Waals surface area (Å²) < 4.78 is 11.5. The van der Waals surface area contributed by atoms with Gasteiger partial charge in [-0.3, -0.25) is 4.90 Å². The van der Waals surface area contributed by atoms with E-state index in [2.05, 4.69) is 23.6 Å². The molecule has 0 amide bonds. The van der Waals surface area contributed by atoms with Gasteiger partial charge in [-0.1, -0.05) is 0 Å². The number of benzene rings is 1. The Kier molecular flexibility index (Phi) is 3.95. The molecule has 2 heterocycles. The molecule has 1 aromatic rings. The Morgan fingerprint density at radius 2 is 1.95 bits per heavy atom. The second-order valence-corrected chi connectivity index (χ2v) is 6.46. The van der Waals surface area contributed by atoms with Gasteiger partial charge in [-0.2, -0.15) is 0 Å². The number of nitrogens with two attached hydrogens (primary N) is 1. The molecule has 0 bridgehead atoms. The van der Waals surface area contributed by atoms with Crippen molar-refractivity contribution in [1.29, 1.82) is 0 Å². The average Bonchev–Trinajstić information content (AvgIpc) is 2.46. The van der Waals surface area contributed by atoms with E-state index in [1.165, 1.54) is 0 Å². The van der Waals surface area contributed by atoms with Crippen LogP contribution in [-0.2, 0) is 4.74 Å². The molecule has 21 heavy (non-hydrogen) atoms. The summed E-state index contributed by atoms with van der Waals surface area (Å²) >= 11 is 0. The van der Waals surface area contributed by atoms with Gasteiger partial charge in [0.25, 0.3) is 0 Å². The number of nitrogen functional groups attached to an aromatic ring is 1. The summed E-state index contributed by atoms with van der Waals surface area (Å²) in [6.07, 6.45) is 0. The molecule has 116 valence electrons. The van der Waals surface area contributed by atoms with E-state index in [9.17, 15) is 0 Å². The number of anilines is 2. The topological polar surface area (TPSA) is 51.0 Å². The Balaban J connectivity index is 1.73. The lowest BCUT2D eigenvalue weighted by molar-refractivity contribution is 0.0381. The van der Waals surface area contributed by atoms with Gasteiger partial charge >= 0.3 is 0 Å². The third-order valence-electron chi connectivity index (χ3n) is 4.07. The first-order valence-electron chi connectivity index (χ1n) is 7.67. The first-order chi connectivity index (χ1) is 10.0. The van der Waals surface area contributed by atoms with Crippen LogP contribution in [0.5, 0.6) is 5.75 Å². The molecule has 1 aromatic carbocycles. The normalized spacial score (nSPS) is 21.7. The lowest BCUT2D eigenvalue weighted by atomic mass is 10.0. The lowest BCUT2D eigenvalue weighted by Gasteiger charge is -2.42. The van der Waals surface area contributed by atoms with Crippen LogP contribution in [0.3, 0.4) is 0 Å². The third-order valence-corrected chi connectivity index (χ3v) is 4.07. The molecule has 0 aliphatic carbocycles. The van der Waals surface area contributed by atoms with Crippen molar-refractivity contribution >= 4 is 11.4 Å². The van der Waals surface area contributed by atoms with Crippen LogP contribution in [0.1, 0.15) is 13.8 Å². The fourth-order valence-corrected chi connectivity index (χ4v) is 3.03. The van der Waals surface area contributed by atoms with E-state index >= 15 is 0 Å². The molecule has 5 heteroatoms. The van der Waals surface area contributed by atoms with Gasteiger partial charge in [0.1, 0.15) is 11.4 Å². The monoisotopic (exact) mass is 291 g/mol. The molecule has 2 aliphatic rings. The second-order valence-electron chi connectivity index (χ2n) is 6.46. The molecule has 1 fully saturated rings. The standard InChI is InChI=1S/C16H25N3O2/c1-16(2)12-19(6-5-18-7-9-20-10-8-18)14-11-13(17)3-4-15(14)21-16/h3-4,11H,5-10,12,17H2,1-2H3. The molecular formula is C16H25N3O2. The molecule has 1 saturated heterocycles. The van der Waals surface area contributed by atoms with Crippen molar-refractivity contribution in [2.45, 2.75) is 19.4 Å². The van der Waals surface area contributed by atoms with Crippen LogP contribution in [0.15, 0.2) is 18.2 Å². The minimum absolute atomic E-state index is 0.172. The summed E-state index contributed by atoms with van der Waals surface area (Å²) in [5.41, 5.74) is 7.67. The molecule has 0 atom stereocenters. The van der Waals surface area contributed by atoms with Crippen LogP contribution in [-0.4, -0.2) is 56.4 Å². The van der Waals surface area contributed by atoms with Crippen molar-refractivity contribution in [2.75, 3.05) is 56.6 Å². The van der Waals surface area contributed by atoms with Gasteiger partial charge in [-0.25, -0.2) is 0 Å². The van der Waals surface area contributed by atoms with E-state index < -0.39 is 0 Å². The Morgan fingerprint density at radius 3 is 2.71 bits per heavy atom. The van der Waals surface area contributed by atoms with Crippen LogP contribution >= 0.6 is 0 Å². The van der Waals surface area contributed by atoms with E-state index in [0.29, 0.717) is 0 Å². The molecule has 2 aliphatic heterocycles. The van der Waals surface area contributed by atoms with Crippen molar-refractivity contribution in [2.24, 2.45) is 0 Å². The van der Waals surface area contributed by atoms with Crippen LogP contribution in [0.2, 0.25) is 0 Å². The largest absolute Gasteiger partial charge is 0.484 e. The zero-order valence-electron chi connectivity index (χ0n) is 13.0. The van der Waals surface area contributed by atoms with E-state index in [1.54, 1.807) is 0 Å². The summed E-state index contributed by atoms with van der Waals surface area (Å²) in [5, 5.41) is 0. The number of rotatable bonds is 3. The number of hydrogen-bond donors (Lipinski definition) is 1. The number of ether oxygens (including phenoxy) is 2. The number of nitrogens with zero attached hydrogens (tertiary/aromatic N) is 2. The minimum atomic E-state index is -0.172. The van der Waals surface area contributed by atoms with Gasteiger partial charge in [0.15, 0.2) is 0 Å². The highest BCUT2D eigenvalue weighted by Gasteiger charge is 2.31. The van der Waals surface area contributed by atoms with Crippen LogP contribution in [0.4, 0.5) is 11.4 Å². The number of hydrogen-bond acceptors (Lipinski definition) is 5. The Hall–Kier alpha value is -1.46. The fourth-order valence-electron chi connectivity index (χ4n) is 3.03. The van der Waals surface area contributed by atoms with Crippen LogP contribution in [0.25, 0.3) is 0 Å². The van der Waals surface area contributed by atoms with Crippen molar-refractivity contribution in [3.8, 4) is 5.75 Å². The molecule has 0 saturated carbocycles. The molecule has 0 spiro atoms. The molecule has 5 nitrogen and oxygen atoms in total. The van der Waals surface area contributed by atoms with Gasteiger partial charge in [-0.15, -0.1) is 0 Å².